The Morgan fingerprint density at radius 1 is 1.18 bits per heavy atom. The summed E-state index contributed by atoms with van der Waals surface area (Å²) in [7, 11) is 1.74. The van der Waals surface area contributed by atoms with Crippen molar-refractivity contribution in [1.29, 1.82) is 0 Å². The largest absolute Gasteiger partial charge is 0.421 e. The number of nitrogens with zero attached hydrogens (tertiary/aromatic N) is 4. The van der Waals surface area contributed by atoms with E-state index in [1.54, 1.807) is 33.3 Å². The van der Waals surface area contributed by atoms with Gasteiger partial charge in [0.05, 0.1) is 35.4 Å². The number of rotatable bonds is 4. The Balaban J connectivity index is 1.73. The highest BCUT2D eigenvalue weighted by Gasteiger charge is 2.31. The number of hydrogen-bond acceptors (Lipinski definition) is 8. The van der Waals surface area contributed by atoms with Gasteiger partial charge in [0.1, 0.15) is 17.3 Å². The van der Waals surface area contributed by atoms with E-state index in [2.05, 4.69) is 25.3 Å². The highest BCUT2D eigenvalue weighted by Crippen LogP contribution is 2.41. The van der Waals surface area contributed by atoms with Gasteiger partial charge in [0, 0.05) is 29.8 Å². The number of ether oxygens (including phenoxy) is 1. The molecule has 0 spiro atoms. The summed E-state index contributed by atoms with van der Waals surface area (Å²) in [5.41, 5.74) is 9.15. The zero-order valence-electron chi connectivity index (χ0n) is 18.7. The van der Waals surface area contributed by atoms with Gasteiger partial charge in [-0.25, -0.2) is 14.4 Å². The third-order valence-electron chi connectivity index (χ3n) is 6.42. The minimum atomic E-state index is -0.639. The summed E-state index contributed by atoms with van der Waals surface area (Å²) in [5.74, 6) is 0.633. The molecule has 1 aliphatic rings. The lowest BCUT2D eigenvalue weighted by atomic mass is 9.81. The molecule has 3 unspecified atom stereocenters. The summed E-state index contributed by atoms with van der Waals surface area (Å²) >= 11 is 0. The number of aryl methyl sites for hydroxylation is 2. The Bertz CT molecular complexity index is 1340. The zero-order valence-corrected chi connectivity index (χ0v) is 18.7. The number of H-pyrrole nitrogens is 1. The molecule has 0 aliphatic heterocycles. The van der Waals surface area contributed by atoms with Gasteiger partial charge in [0.2, 0.25) is 0 Å². The van der Waals surface area contributed by atoms with Gasteiger partial charge in [0.25, 0.3) is 0 Å². The number of aromatic nitrogens is 5. The molecular formula is C23H26FN7O2. The first-order valence-corrected chi connectivity index (χ1v) is 11.0. The predicted molar refractivity (Wildman–Crippen MR) is 123 cm³/mol. The summed E-state index contributed by atoms with van der Waals surface area (Å²) in [6, 6.07) is 1.33. The molecular weight excluding hydrogens is 425 g/mol. The predicted octanol–water partition coefficient (Wildman–Crippen LogP) is 3.45. The second-order valence-electron chi connectivity index (χ2n) is 8.58. The van der Waals surface area contributed by atoms with Crippen LogP contribution in [0.1, 0.15) is 42.3 Å². The van der Waals surface area contributed by atoms with Crippen LogP contribution in [0, 0.1) is 19.7 Å². The minimum absolute atomic E-state index is 0.0818. The van der Waals surface area contributed by atoms with E-state index in [0.29, 0.717) is 47.0 Å². The van der Waals surface area contributed by atoms with E-state index in [-0.39, 0.29) is 23.8 Å². The molecule has 0 saturated heterocycles. The van der Waals surface area contributed by atoms with Crippen LogP contribution in [0.15, 0.2) is 18.5 Å². The van der Waals surface area contributed by atoms with Crippen LogP contribution in [0.3, 0.4) is 0 Å². The third-order valence-corrected chi connectivity index (χ3v) is 6.42. The van der Waals surface area contributed by atoms with Gasteiger partial charge in [-0.15, -0.1) is 0 Å². The van der Waals surface area contributed by atoms with Crippen LogP contribution < -0.4 is 15.8 Å². The number of benzene rings is 1. The van der Waals surface area contributed by atoms with Crippen LogP contribution in [0.4, 0.5) is 10.1 Å². The van der Waals surface area contributed by atoms with E-state index < -0.39 is 6.10 Å². The Morgan fingerprint density at radius 3 is 2.64 bits per heavy atom. The van der Waals surface area contributed by atoms with Crippen molar-refractivity contribution in [2.45, 2.75) is 51.2 Å². The molecule has 1 aliphatic carbocycles. The van der Waals surface area contributed by atoms with Crippen LogP contribution in [0.2, 0.25) is 0 Å². The van der Waals surface area contributed by atoms with Gasteiger partial charge in [-0.1, -0.05) is 0 Å². The summed E-state index contributed by atoms with van der Waals surface area (Å²) in [6.45, 7) is 3.53. The number of nitrogens with one attached hydrogen (secondary N) is 2. The Labute approximate surface area is 189 Å². The van der Waals surface area contributed by atoms with Crippen molar-refractivity contribution in [3.63, 3.8) is 0 Å². The Hall–Kier alpha value is -3.37. The average molecular weight is 452 g/mol. The average Bonchev–Trinajstić information content (AvgIpc) is 3.19. The molecule has 1 saturated carbocycles. The second-order valence-corrected chi connectivity index (χ2v) is 8.58. The number of anilines is 1. The van der Waals surface area contributed by atoms with Crippen LogP contribution >= 0.6 is 0 Å². The van der Waals surface area contributed by atoms with Gasteiger partial charge < -0.3 is 25.9 Å². The molecule has 9 nitrogen and oxygen atoms in total. The first-order chi connectivity index (χ1) is 15.9. The maximum Gasteiger partial charge on any atom is 0.324 e. The van der Waals surface area contributed by atoms with Crippen LogP contribution in [-0.2, 0) is 0 Å². The SMILES string of the molecule is CNc1cc(F)c(C)c2c1[nH]c1nc(Oc3cnc(C)nc3)nc(C3CCC(N)C(O)C3)c12. The van der Waals surface area contributed by atoms with E-state index in [9.17, 15) is 9.50 Å². The number of hydrogen-bond donors (Lipinski definition) is 4. The maximum atomic E-state index is 14.8. The quantitative estimate of drug-likeness (QED) is 0.371. The molecule has 172 valence electrons. The van der Waals surface area contributed by atoms with Crippen molar-refractivity contribution >= 4 is 27.6 Å². The van der Waals surface area contributed by atoms with Gasteiger partial charge in [-0.3, -0.25) is 0 Å². The van der Waals surface area contributed by atoms with E-state index in [1.807, 2.05) is 0 Å². The highest BCUT2D eigenvalue weighted by molar-refractivity contribution is 6.13. The van der Waals surface area contributed by atoms with Gasteiger partial charge in [-0.05, 0) is 44.7 Å². The molecule has 33 heavy (non-hydrogen) atoms. The van der Waals surface area contributed by atoms with Crippen molar-refractivity contribution < 1.29 is 14.2 Å². The van der Waals surface area contributed by atoms with Crippen molar-refractivity contribution in [2.24, 2.45) is 5.73 Å². The lowest BCUT2D eigenvalue weighted by molar-refractivity contribution is 0.0975. The van der Waals surface area contributed by atoms with Crippen LogP contribution in [0.5, 0.6) is 11.8 Å². The fourth-order valence-electron chi connectivity index (χ4n) is 4.60. The van der Waals surface area contributed by atoms with E-state index >= 15 is 0 Å². The number of nitrogens with two attached hydrogens (primary N) is 1. The standard InChI is InChI=1S/C23H26FN7O2/c1-10-14(24)7-16(26-3)21-18(10)19-20(12-4-5-15(25)17(32)6-12)30-23(31-22(19)29-21)33-13-8-27-11(2)28-9-13/h7-9,12,15,17,26,32H,4-6,25H2,1-3H3,(H,29,30,31). The molecule has 1 fully saturated rings. The fourth-order valence-corrected chi connectivity index (χ4v) is 4.60. The molecule has 3 atom stereocenters. The number of halogens is 1. The normalized spacial score (nSPS) is 21.0. The molecule has 0 bridgehead atoms. The zero-order chi connectivity index (χ0) is 23.3. The summed E-state index contributed by atoms with van der Waals surface area (Å²) in [6.07, 6.45) is 4.35. The summed E-state index contributed by atoms with van der Waals surface area (Å²) < 4.78 is 20.7. The van der Waals surface area contributed by atoms with Gasteiger partial charge in [0.15, 0.2) is 5.75 Å². The molecule has 4 aromatic rings. The van der Waals surface area contributed by atoms with Gasteiger partial charge in [-0.2, -0.15) is 9.97 Å². The second kappa shape index (κ2) is 8.20. The highest BCUT2D eigenvalue weighted by atomic mass is 19.1. The first-order valence-electron chi connectivity index (χ1n) is 11.0. The lowest BCUT2D eigenvalue weighted by Crippen LogP contribution is -2.39. The number of fused-ring (bicyclic) bond motifs is 3. The van der Waals surface area contributed by atoms with Crippen LogP contribution in [-0.4, -0.2) is 49.2 Å². The van der Waals surface area contributed by atoms with Crippen LogP contribution in [0.25, 0.3) is 21.9 Å². The van der Waals surface area contributed by atoms with Crippen molar-refractivity contribution in [2.75, 3.05) is 12.4 Å². The number of aromatic amines is 1. The number of aliphatic hydroxyl groups is 1. The molecule has 3 aromatic heterocycles. The van der Waals surface area contributed by atoms with Crippen molar-refractivity contribution in [1.82, 2.24) is 24.9 Å². The minimum Gasteiger partial charge on any atom is -0.421 e. The Morgan fingerprint density at radius 2 is 1.94 bits per heavy atom. The first kappa shape index (κ1) is 21.5. The molecule has 5 rings (SSSR count). The molecule has 0 radical (unpaired) electrons. The number of aliphatic hydroxyl groups excluding tert-OH is 1. The monoisotopic (exact) mass is 451 g/mol. The third kappa shape index (κ3) is 3.75. The Kier molecular flexibility index (Phi) is 5.34. The van der Waals surface area contributed by atoms with Crippen molar-refractivity contribution in [3.05, 3.63) is 41.4 Å². The molecule has 3 heterocycles. The maximum absolute atomic E-state index is 14.8. The summed E-state index contributed by atoms with van der Waals surface area (Å²) in [4.78, 5) is 21.0. The topological polar surface area (TPSA) is 135 Å². The lowest BCUT2D eigenvalue weighted by Gasteiger charge is -2.30. The molecule has 0 amide bonds. The molecule has 10 heteroatoms. The van der Waals surface area contributed by atoms with E-state index in [4.69, 9.17) is 15.5 Å². The van der Waals surface area contributed by atoms with E-state index in [0.717, 1.165) is 22.7 Å². The van der Waals surface area contributed by atoms with Crippen molar-refractivity contribution in [3.8, 4) is 11.8 Å². The van der Waals surface area contributed by atoms with E-state index in [1.165, 1.54) is 6.07 Å². The summed E-state index contributed by atoms with van der Waals surface area (Å²) in [5, 5.41) is 15.0. The smallest absolute Gasteiger partial charge is 0.324 e. The fraction of sp³-hybridized carbons (Fsp3) is 0.391. The molecule has 5 N–H and O–H groups in total. The molecule has 1 aromatic carbocycles. The van der Waals surface area contributed by atoms with Gasteiger partial charge >= 0.3 is 6.01 Å².